The topological polar surface area (TPSA) is 569 Å². The summed E-state index contributed by atoms with van der Waals surface area (Å²) in [6, 6.07) is 9.88. The molecule has 4 heterocycles. The number of anilines is 8. The zero-order valence-corrected chi connectivity index (χ0v) is 40.9. The van der Waals surface area contributed by atoms with Crippen molar-refractivity contribution in [3.63, 3.8) is 0 Å². The summed E-state index contributed by atoms with van der Waals surface area (Å²) < 4.78 is 0. The first kappa shape index (κ1) is 66.6. The third-order valence-corrected chi connectivity index (χ3v) is 10.5. The molecular weight excluding hydrogens is 989 g/mol. The van der Waals surface area contributed by atoms with Crippen molar-refractivity contribution in [1.29, 1.82) is 0 Å². The molecule has 31 nitrogen and oxygen atoms in total. The number of rotatable bonds is 18. The Hall–Kier alpha value is -7.52. The molecule has 0 bridgehead atoms. The van der Waals surface area contributed by atoms with Gasteiger partial charge in [-0.15, -0.1) is 0 Å². The van der Waals surface area contributed by atoms with Crippen LogP contribution in [0.1, 0.15) is 46.4 Å². The van der Waals surface area contributed by atoms with Gasteiger partial charge in [0.15, 0.2) is 11.6 Å². The zero-order chi connectivity index (χ0) is 48.2. The van der Waals surface area contributed by atoms with Gasteiger partial charge in [-0.25, -0.2) is 9.59 Å². The number of nitrogens with zero attached hydrogens (tertiary/aromatic N) is 4. The van der Waals surface area contributed by atoms with Gasteiger partial charge >= 0.3 is 49.7 Å². The Kier molecular flexibility index (Phi) is 28.0. The van der Waals surface area contributed by atoms with Crippen molar-refractivity contribution in [2.75, 3.05) is 82.8 Å². The summed E-state index contributed by atoms with van der Waals surface area (Å²) in [5, 5.41) is 56.7. The van der Waals surface area contributed by atoms with E-state index in [0.717, 1.165) is 0 Å². The van der Waals surface area contributed by atoms with Gasteiger partial charge in [0.2, 0.25) is 11.9 Å². The second-order valence-corrected chi connectivity index (χ2v) is 15.1. The van der Waals surface area contributed by atoms with Gasteiger partial charge in [-0.3, -0.25) is 29.1 Å². The molecule has 2 aliphatic rings. The summed E-state index contributed by atoms with van der Waals surface area (Å²) in [5.41, 5.74) is 13.1. The molecule has 0 unspecified atom stereocenters. The number of carbonyl (C=O) groups excluding carboxylic acids is 4. The average Bonchev–Trinajstić information content (AvgIpc) is 3.25. The number of nitrogens with one attached hydrogen (secondary N) is 8. The SMILES string of the molecule is CN1c2c(nc(N)[nH]c2=O)NC[C@@H]1CNc1ccc(C(=O)N[C@@H](CCC(=O)[O-])C(=O)O)cc1.CN1c2c(nc(N)[nH]c2=O)NC[C@@H]1CNc1ccc(C(=O)N[C@@H](CCC(=O)[O-])C(=O)O)cc1.O.O.O.O.O.[Ca+2]. The van der Waals surface area contributed by atoms with Crippen molar-refractivity contribution in [3.8, 4) is 0 Å². The molecule has 24 N–H and O–H groups in total. The van der Waals surface area contributed by atoms with E-state index in [4.69, 9.17) is 21.7 Å². The smallest absolute Gasteiger partial charge is 0.550 e. The fourth-order valence-electron chi connectivity index (χ4n) is 6.83. The minimum Gasteiger partial charge on any atom is -0.550 e. The predicted molar refractivity (Wildman–Crippen MR) is 260 cm³/mol. The number of aliphatic carboxylic acids is 4. The molecule has 6 rings (SSSR count). The van der Waals surface area contributed by atoms with E-state index in [1.54, 1.807) is 38.4 Å². The Morgan fingerprint density at radius 3 is 1.25 bits per heavy atom. The molecule has 0 radical (unpaired) electrons. The number of hydrogen-bond donors (Lipinski definition) is 12. The van der Waals surface area contributed by atoms with E-state index in [-0.39, 0.29) is 124 Å². The summed E-state index contributed by atoms with van der Waals surface area (Å²) in [6.45, 7) is 2.00. The number of carboxylic acid groups (broad SMARTS) is 4. The van der Waals surface area contributed by atoms with Crippen molar-refractivity contribution in [3.05, 3.63) is 80.4 Å². The van der Waals surface area contributed by atoms with E-state index in [9.17, 15) is 48.6 Å². The van der Waals surface area contributed by atoms with Gasteiger partial charge in [-0.1, -0.05) is 0 Å². The Bertz CT molecular complexity index is 2400. The van der Waals surface area contributed by atoms with Gasteiger partial charge < -0.3 is 111 Å². The van der Waals surface area contributed by atoms with Crippen LogP contribution in [0.4, 0.5) is 46.3 Å². The summed E-state index contributed by atoms with van der Waals surface area (Å²) >= 11 is 0. The molecule has 2 aromatic carbocycles. The minimum absolute atomic E-state index is 0. The van der Waals surface area contributed by atoms with E-state index in [1.807, 2.05) is 9.80 Å². The van der Waals surface area contributed by atoms with Gasteiger partial charge in [0.1, 0.15) is 23.5 Å². The van der Waals surface area contributed by atoms with E-state index in [2.05, 4.69) is 51.8 Å². The van der Waals surface area contributed by atoms with Crippen molar-refractivity contribution in [2.24, 2.45) is 0 Å². The number of likely N-dealkylation sites (N-methyl/N-ethyl adjacent to an activating group) is 2. The number of H-pyrrole nitrogens is 2. The number of amides is 2. The number of hydrogen-bond acceptors (Lipinski definition) is 20. The number of carbonyl (C=O) groups is 6. The quantitative estimate of drug-likeness (QED) is 0.0412. The molecule has 2 aromatic heterocycles. The maximum atomic E-state index is 12.3. The molecule has 0 spiro atoms. The standard InChI is InChI=1S/2C20H25N7O6.Ca.5H2O/c2*1-27-12(9-23-16-15(27)18(31)26-20(21)25-16)8-22-11-4-2-10(3-5-11)17(30)24-13(19(32)33)6-7-14(28)29;;;;;;/h2*2-5,12-13,22H,6-9H2,1H3,(H,24,30)(H,28,29)(H,32,33)(H4,21,23,25,26,31);;5*1H2/q;;+2;;;;;/p-2/t2*12-,13-;;;;;;/m00....../s1. The van der Waals surface area contributed by atoms with Crippen LogP contribution in [-0.2, 0) is 19.2 Å². The second kappa shape index (κ2) is 30.3. The largest absolute Gasteiger partial charge is 2.00 e. The van der Waals surface area contributed by atoms with Crippen molar-refractivity contribution >= 4 is 120 Å². The number of carboxylic acids is 4. The number of aromatic nitrogens is 4. The normalized spacial score (nSPS) is 14.4. The molecule has 4 atom stereocenters. The first-order valence-electron chi connectivity index (χ1n) is 20.2. The van der Waals surface area contributed by atoms with Crippen LogP contribution in [0.3, 0.4) is 0 Å². The number of aromatic amines is 2. The number of nitrogen functional groups attached to an aromatic ring is 2. The van der Waals surface area contributed by atoms with Gasteiger partial charge in [0, 0.05) is 74.7 Å². The monoisotopic (exact) mass is 1050 g/mol. The molecule has 2 amide bonds. The number of fused-ring (bicyclic) bond motifs is 2. The Morgan fingerprint density at radius 1 is 0.639 bits per heavy atom. The van der Waals surface area contributed by atoms with Gasteiger partial charge in [-0.05, 0) is 74.2 Å². The van der Waals surface area contributed by atoms with Crippen LogP contribution in [0, 0.1) is 0 Å². The van der Waals surface area contributed by atoms with E-state index in [0.29, 0.717) is 60.6 Å². The third kappa shape index (κ3) is 18.0. The van der Waals surface area contributed by atoms with Crippen molar-refractivity contribution in [2.45, 2.75) is 49.9 Å². The molecule has 0 fully saturated rings. The summed E-state index contributed by atoms with van der Waals surface area (Å²) in [6.07, 6.45) is -1.52. The first-order valence-corrected chi connectivity index (χ1v) is 20.2. The van der Waals surface area contributed by atoms with Gasteiger partial charge in [-0.2, -0.15) is 9.97 Å². The summed E-state index contributed by atoms with van der Waals surface area (Å²) in [5.74, 6) is -5.79. The molecule has 0 saturated carbocycles. The van der Waals surface area contributed by atoms with Crippen LogP contribution >= 0.6 is 0 Å². The fourth-order valence-corrected chi connectivity index (χ4v) is 6.83. The van der Waals surface area contributed by atoms with Gasteiger partial charge in [0.25, 0.3) is 22.9 Å². The maximum absolute atomic E-state index is 12.3. The number of benzene rings is 2. The molecule has 392 valence electrons. The van der Waals surface area contributed by atoms with Crippen LogP contribution < -0.4 is 74.5 Å². The first-order chi connectivity index (χ1) is 31.3. The molecule has 2 aliphatic heterocycles. The van der Waals surface area contributed by atoms with Crippen LogP contribution in [0.25, 0.3) is 0 Å². The summed E-state index contributed by atoms with van der Waals surface area (Å²) in [4.78, 5) is 109. The Morgan fingerprint density at radius 2 is 0.958 bits per heavy atom. The Balaban J connectivity index is 0. The van der Waals surface area contributed by atoms with Crippen LogP contribution in [-0.4, -0.2) is 195 Å². The summed E-state index contributed by atoms with van der Waals surface area (Å²) in [7, 11) is 3.57. The zero-order valence-electron chi connectivity index (χ0n) is 38.7. The van der Waals surface area contributed by atoms with Gasteiger partial charge in [0.05, 0.1) is 12.1 Å². The number of nitrogens with two attached hydrogens (primary N) is 2. The molecule has 0 aliphatic carbocycles. The van der Waals surface area contributed by atoms with Crippen molar-refractivity contribution in [1.82, 2.24) is 30.6 Å². The third-order valence-electron chi connectivity index (χ3n) is 10.5. The predicted octanol–water partition coefficient (Wildman–Crippen LogP) is -7.69. The van der Waals surface area contributed by atoms with E-state index < -0.39 is 60.6 Å². The van der Waals surface area contributed by atoms with E-state index in [1.165, 1.54) is 24.3 Å². The average molecular weight is 1050 g/mol. The van der Waals surface area contributed by atoms with Crippen LogP contribution in [0.2, 0.25) is 0 Å². The second-order valence-electron chi connectivity index (χ2n) is 15.1. The fraction of sp³-hybridized carbons (Fsp3) is 0.350. The molecule has 72 heavy (non-hydrogen) atoms. The van der Waals surface area contributed by atoms with E-state index >= 15 is 0 Å². The maximum Gasteiger partial charge on any atom is 2.00 e. The minimum atomic E-state index is -1.39. The van der Waals surface area contributed by atoms with Crippen LogP contribution in [0.5, 0.6) is 0 Å². The molecule has 4 aromatic rings. The molecule has 32 heteroatoms. The van der Waals surface area contributed by atoms with Crippen molar-refractivity contribution < 1.29 is 76.6 Å². The molecular formula is C40H58CaN14O17. The van der Waals surface area contributed by atoms with Crippen LogP contribution in [0.15, 0.2) is 58.1 Å². The molecule has 0 saturated heterocycles. The Labute approximate surface area is 437 Å².